The van der Waals surface area contributed by atoms with Crippen molar-refractivity contribution < 1.29 is 9.18 Å². The number of fused-ring (bicyclic) bond motifs is 3. The largest absolute Gasteiger partial charge is 0.344 e. The molecular formula is C24H25FN2O. The Hall–Kier alpha value is -2.46. The number of ketones is 1. The van der Waals surface area contributed by atoms with Crippen LogP contribution in [0.2, 0.25) is 0 Å². The van der Waals surface area contributed by atoms with Gasteiger partial charge in [0, 0.05) is 49.1 Å². The van der Waals surface area contributed by atoms with E-state index < -0.39 is 0 Å². The SMILES string of the molecule is Cc1cc2c3c(c1)c1c(n3CC2)CCN(CCCC(=O)c2ccc(F)cc2)C1. The number of nitrogens with zero attached hydrogens (tertiary/aromatic N) is 2. The van der Waals surface area contributed by atoms with E-state index in [1.165, 1.54) is 45.4 Å². The van der Waals surface area contributed by atoms with Crippen LogP contribution in [0, 0.1) is 12.7 Å². The van der Waals surface area contributed by atoms with Gasteiger partial charge in [-0.2, -0.15) is 0 Å². The summed E-state index contributed by atoms with van der Waals surface area (Å²) < 4.78 is 15.6. The molecule has 2 aromatic carbocycles. The van der Waals surface area contributed by atoms with E-state index in [1.807, 2.05) is 0 Å². The lowest BCUT2D eigenvalue weighted by Gasteiger charge is -2.28. The molecule has 0 fully saturated rings. The lowest BCUT2D eigenvalue weighted by atomic mass is 9.99. The van der Waals surface area contributed by atoms with E-state index in [4.69, 9.17) is 0 Å². The highest BCUT2D eigenvalue weighted by Crippen LogP contribution is 2.37. The minimum atomic E-state index is -0.300. The van der Waals surface area contributed by atoms with Crippen LogP contribution >= 0.6 is 0 Å². The van der Waals surface area contributed by atoms with Crippen LogP contribution in [-0.4, -0.2) is 28.3 Å². The zero-order valence-corrected chi connectivity index (χ0v) is 16.3. The first-order chi connectivity index (χ1) is 13.6. The molecule has 0 bridgehead atoms. The number of hydrogen-bond donors (Lipinski definition) is 0. The number of halogens is 1. The zero-order valence-electron chi connectivity index (χ0n) is 16.3. The van der Waals surface area contributed by atoms with Gasteiger partial charge in [0.1, 0.15) is 5.82 Å². The molecule has 0 unspecified atom stereocenters. The van der Waals surface area contributed by atoms with Crippen molar-refractivity contribution in [2.75, 3.05) is 13.1 Å². The standard InChI is InChI=1S/C24H25FN2O/c1-16-13-18-8-12-27-22-9-11-26(15-21(22)20(14-16)24(18)27)10-2-3-23(28)17-4-6-19(25)7-5-17/h4-7,13-14H,2-3,8-12,15H2,1H3. The summed E-state index contributed by atoms with van der Waals surface area (Å²) in [5, 5.41) is 1.44. The van der Waals surface area contributed by atoms with E-state index in [9.17, 15) is 9.18 Å². The number of carbonyl (C=O) groups excluding carboxylic acids is 1. The van der Waals surface area contributed by atoms with Gasteiger partial charge in [-0.15, -0.1) is 0 Å². The molecule has 3 nitrogen and oxygen atoms in total. The number of carbonyl (C=O) groups is 1. The maximum Gasteiger partial charge on any atom is 0.162 e. The number of aromatic nitrogens is 1. The molecule has 3 aromatic rings. The summed E-state index contributed by atoms with van der Waals surface area (Å²) in [6, 6.07) is 10.6. The second-order valence-corrected chi connectivity index (χ2v) is 8.21. The van der Waals surface area contributed by atoms with Gasteiger partial charge in [-0.25, -0.2) is 4.39 Å². The monoisotopic (exact) mass is 376 g/mol. The number of hydrogen-bond acceptors (Lipinski definition) is 2. The predicted molar refractivity (Wildman–Crippen MR) is 109 cm³/mol. The van der Waals surface area contributed by atoms with E-state index >= 15 is 0 Å². The third kappa shape index (κ3) is 2.96. The molecule has 2 aliphatic heterocycles. The maximum absolute atomic E-state index is 13.0. The average Bonchev–Trinajstić information content (AvgIpc) is 3.24. The van der Waals surface area contributed by atoms with Gasteiger partial charge in [0.05, 0.1) is 5.52 Å². The molecule has 2 aliphatic rings. The molecule has 0 saturated carbocycles. The quantitative estimate of drug-likeness (QED) is 0.605. The number of benzene rings is 2. The highest BCUT2D eigenvalue weighted by atomic mass is 19.1. The van der Waals surface area contributed by atoms with Crippen LogP contribution < -0.4 is 0 Å². The summed E-state index contributed by atoms with van der Waals surface area (Å²) in [7, 11) is 0. The molecule has 1 aromatic heterocycles. The van der Waals surface area contributed by atoms with E-state index in [2.05, 4.69) is 28.5 Å². The van der Waals surface area contributed by atoms with Crippen molar-refractivity contribution >= 4 is 16.7 Å². The zero-order chi connectivity index (χ0) is 19.3. The van der Waals surface area contributed by atoms with Crippen LogP contribution in [0.3, 0.4) is 0 Å². The van der Waals surface area contributed by atoms with Crippen LogP contribution in [0.25, 0.3) is 10.9 Å². The molecule has 5 rings (SSSR count). The summed E-state index contributed by atoms with van der Waals surface area (Å²) in [5.74, 6) is -0.199. The topological polar surface area (TPSA) is 25.2 Å². The fourth-order valence-electron chi connectivity index (χ4n) is 4.99. The molecule has 144 valence electrons. The minimum absolute atomic E-state index is 0.101. The Morgan fingerprint density at radius 1 is 1.11 bits per heavy atom. The second kappa shape index (κ2) is 6.85. The number of aryl methyl sites for hydroxylation is 3. The maximum atomic E-state index is 13.0. The molecule has 0 aliphatic carbocycles. The highest BCUT2D eigenvalue weighted by Gasteiger charge is 2.27. The van der Waals surface area contributed by atoms with Gasteiger partial charge < -0.3 is 4.57 Å². The first-order valence-corrected chi connectivity index (χ1v) is 10.2. The Morgan fingerprint density at radius 3 is 2.75 bits per heavy atom. The third-order valence-corrected chi connectivity index (χ3v) is 6.30. The van der Waals surface area contributed by atoms with E-state index in [0.29, 0.717) is 12.0 Å². The van der Waals surface area contributed by atoms with E-state index in [0.717, 1.165) is 45.4 Å². The van der Waals surface area contributed by atoms with Crippen molar-refractivity contribution in [1.82, 2.24) is 9.47 Å². The Morgan fingerprint density at radius 2 is 1.93 bits per heavy atom. The van der Waals surface area contributed by atoms with Crippen molar-refractivity contribution in [2.24, 2.45) is 0 Å². The highest BCUT2D eigenvalue weighted by molar-refractivity contribution is 5.96. The molecule has 0 saturated heterocycles. The molecular weight excluding hydrogens is 351 g/mol. The smallest absolute Gasteiger partial charge is 0.162 e. The number of rotatable bonds is 5. The van der Waals surface area contributed by atoms with Gasteiger partial charge in [-0.3, -0.25) is 9.69 Å². The van der Waals surface area contributed by atoms with Gasteiger partial charge in [-0.05, 0) is 67.8 Å². The van der Waals surface area contributed by atoms with Crippen molar-refractivity contribution in [3.63, 3.8) is 0 Å². The Kier molecular flexibility index (Phi) is 4.31. The minimum Gasteiger partial charge on any atom is -0.344 e. The summed E-state index contributed by atoms with van der Waals surface area (Å²) in [5.41, 5.74) is 7.94. The molecule has 0 atom stereocenters. The van der Waals surface area contributed by atoms with Crippen molar-refractivity contribution in [3.8, 4) is 0 Å². The summed E-state index contributed by atoms with van der Waals surface area (Å²) in [6.45, 7) is 6.28. The Bertz CT molecular complexity index is 1060. The van der Waals surface area contributed by atoms with Crippen LogP contribution in [-0.2, 0) is 25.9 Å². The summed E-state index contributed by atoms with van der Waals surface area (Å²) in [6.07, 6.45) is 3.61. The van der Waals surface area contributed by atoms with Gasteiger partial charge in [-0.1, -0.05) is 11.6 Å². The van der Waals surface area contributed by atoms with Gasteiger partial charge in [0.25, 0.3) is 0 Å². The van der Waals surface area contributed by atoms with Gasteiger partial charge in [0.2, 0.25) is 0 Å². The third-order valence-electron chi connectivity index (χ3n) is 6.30. The van der Waals surface area contributed by atoms with Crippen molar-refractivity contribution in [2.45, 2.75) is 45.7 Å². The van der Waals surface area contributed by atoms with E-state index in [-0.39, 0.29) is 11.6 Å². The average molecular weight is 376 g/mol. The van der Waals surface area contributed by atoms with Crippen molar-refractivity contribution in [3.05, 3.63) is 70.2 Å². The van der Waals surface area contributed by atoms with Crippen LogP contribution in [0.4, 0.5) is 4.39 Å². The lowest BCUT2D eigenvalue weighted by molar-refractivity contribution is 0.0973. The molecule has 4 heteroatoms. The summed E-state index contributed by atoms with van der Waals surface area (Å²) in [4.78, 5) is 14.8. The molecule has 0 radical (unpaired) electrons. The fourth-order valence-corrected chi connectivity index (χ4v) is 4.99. The molecule has 28 heavy (non-hydrogen) atoms. The lowest BCUT2D eigenvalue weighted by Crippen LogP contribution is -2.32. The van der Waals surface area contributed by atoms with E-state index in [1.54, 1.807) is 12.1 Å². The van der Waals surface area contributed by atoms with Crippen LogP contribution in [0.15, 0.2) is 36.4 Å². The second-order valence-electron chi connectivity index (χ2n) is 8.21. The first kappa shape index (κ1) is 17.6. The van der Waals surface area contributed by atoms with Crippen molar-refractivity contribution in [1.29, 1.82) is 0 Å². The number of Topliss-reactive ketones (excluding diaryl/α,β-unsaturated/α-hetero) is 1. The van der Waals surface area contributed by atoms with Crippen LogP contribution in [0.1, 0.15) is 45.6 Å². The molecule has 0 amide bonds. The Balaban J connectivity index is 1.27. The predicted octanol–water partition coefficient (Wildman–Crippen LogP) is 4.67. The van der Waals surface area contributed by atoms with Gasteiger partial charge in [0.15, 0.2) is 5.78 Å². The summed E-state index contributed by atoms with van der Waals surface area (Å²) >= 11 is 0. The molecule has 0 N–H and O–H groups in total. The normalized spacial score (nSPS) is 15.9. The first-order valence-electron chi connectivity index (χ1n) is 10.2. The Labute approximate surface area is 164 Å². The van der Waals surface area contributed by atoms with Gasteiger partial charge >= 0.3 is 0 Å². The molecule has 0 spiro atoms. The fraction of sp³-hybridized carbons (Fsp3) is 0.375. The molecule has 3 heterocycles. The van der Waals surface area contributed by atoms with Crippen LogP contribution in [0.5, 0.6) is 0 Å².